The van der Waals surface area contributed by atoms with Gasteiger partial charge in [0.15, 0.2) is 11.2 Å². The van der Waals surface area contributed by atoms with Crippen LogP contribution in [-0.4, -0.2) is 31.9 Å². The van der Waals surface area contributed by atoms with Crippen LogP contribution in [0.2, 0.25) is 0 Å². The molecule has 1 atom stereocenters. The number of Topliss-reactive ketones (excluding diaryl/α,β-unsaturated/α-hetero) is 1. The van der Waals surface area contributed by atoms with E-state index >= 15 is 0 Å². The van der Waals surface area contributed by atoms with Gasteiger partial charge in [0.05, 0.1) is 11.5 Å². The molecular weight excluding hydrogens is 394 g/mol. The number of ether oxygens (including phenoxy) is 1. The lowest BCUT2D eigenvalue weighted by Gasteiger charge is -2.34. The third kappa shape index (κ3) is 3.98. The van der Waals surface area contributed by atoms with Crippen molar-refractivity contribution in [2.75, 3.05) is 11.3 Å². The summed E-state index contributed by atoms with van der Waals surface area (Å²) in [6.45, 7) is 1.73. The molecule has 0 heterocycles. The molecule has 0 aliphatic heterocycles. The Balaban J connectivity index is 2.05. The number of nitrogens with one attached hydrogen (secondary N) is 1. The smallest absolute Gasteiger partial charge is 0.324 e. The van der Waals surface area contributed by atoms with Gasteiger partial charge in [0, 0.05) is 17.7 Å². The van der Waals surface area contributed by atoms with Crippen LogP contribution in [0.5, 0.6) is 5.75 Å². The van der Waals surface area contributed by atoms with Gasteiger partial charge in [0.2, 0.25) is 0 Å². The zero-order valence-electron chi connectivity index (χ0n) is 16.1. The largest absolute Gasteiger partial charge is 0.508 e. The fourth-order valence-electron chi connectivity index (χ4n) is 3.65. The SMILES string of the molecule is CCOC(=O)C1(c2cc(NS(=O)(=O)c3ccccc3)ccc2O)CCCCC1=O. The molecule has 1 aliphatic carbocycles. The zero-order valence-corrected chi connectivity index (χ0v) is 16.9. The summed E-state index contributed by atoms with van der Waals surface area (Å²) < 4.78 is 32.9. The van der Waals surface area contributed by atoms with Crippen LogP contribution >= 0.6 is 0 Å². The third-order valence-electron chi connectivity index (χ3n) is 5.07. The van der Waals surface area contributed by atoms with Gasteiger partial charge in [-0.15, -0.1) is 0 Å². The molecule has 8 heteroatoms. The number of esters is 1. The summed E-state index contributed by atoms with van der Waals surface area (Å²) in [7, 11) is -3.87. The highest BCUT2D eigenvalue weighted by Crippen LogP contribution is 2.43. The highest BCUT2D eigenvalue weighted by molar-refractivity contribution is 7.92. The van der Waals surface area contributed by atoms with Gasteiger partial charge in [-0.2, -0.15) is 0 Å². The lowest BCUT2D eigenvalue weighted by Crippen LogP contribution is -2.47. The second-order valence-electron chi connectivity index (χ2n) is 6.91. The zero-order chi connectivity index (χ0) is 21.1. The Hall–Kier alpha value is -2.87. The summed E-state index contributed by atoms with van der Waals surface area (Å²) >= 11 is 0. The number of carbonyl (C=O) groups excluding carboxylic acids is 2. The number of benzene rings is 2. The lowest BCUT2D eigenvalue weighted by molar-refractivity contribution is -0.155. The molecule has 7 nitrogen and oxygen atoms in total. The Morgan fingerprint density at radius 2 is 1.90 bits per heavy atom. The number of rotatable bonds is 6. The minimum Gasteiger partial charge on any atom is -0.508 e. The van der Waals surface area contributed by atoms with Crippen LogP contribution in [0.25, 0.3) is 0 Å². The normalized spacial score (nSPS) is 19.6. The Morgan fingerprint density at radius 3 is 2.55 bits per heavy atom. The van der Waals surface area contributed by atoms with Crippen LogP contribution < -0.4 is 4.72 Å². The van der Waals surface area contributed by atoms with Crippen molar-refractivity contribution < 1.29 is 27.9 Å². The predicted octanol–water partition coefficient (Wildman–Crippen LogP) is 3.14. The van der Waals surface area contributed by atoms with E-state index in [2.05, 4.69) is 4.72 Å². The number of sulfonamides is 1. The number of aromatic hydroxyl groups is 1. The van der Waals surface area contributed by atoms with Crippen molar-refractivity contribution in [1.82, 2.24) is 0 Å². The van der Waals surface area contributed by atoms with Crippen molar-refractivity contribution in [1.29, 1.82) is 0 Å². The Labute approximate surface area is 169 Å². The van der Waals surface area contributed by atoms with E-state index in [0.29, 0.717) is 12.8 Å². The van der Waals surface area contributed by atoms with Gasteiger partial charge < -0.3 is 9.84 Å². The average molecular weight is 417 g/mol. The first kappa shape index (κ1) is 20.9. The van der Waals surface area contributed by atoms with Crippen LogP contribution in [0.1, 0.15) is 38.2 Å². The van der Waals surface area contributed by atoms with Gasteiger partial charge in [-0.3, -0.25) is 14.3 Å². The van der Waals surface area contributed by atoms with E-state index in [-0.39, 0.29) is 47.1 Å². The number of phenols is 1. The van der Waals surface area contributed by atoms with E-state index in [4.69, 9.17) is 4.74 Å². The van der Waals surface area contributed by atoms with Crippen LogP contribution in [0, 0.1) is 0 Å². The van der Waals surface area contributed by atoms with Crippen LogP contribution in [0.3, 0.4) is 0 Å². The van der Waals surface area contributed by atoms with Crippen molar-refractivity contribution in [2.24, 2.45) is 0 Å². The molecule has 0 spiro atoms. The average Bonchev–Trinajstić information content (AvgIpc) is 2.71. The maximum atomic E-state index is 12.9. The van der Waals surface area contributed by atoms with E-state index in [0.717, 1.165) is 0 Å². The summed E-state index contributed by atoms with van der Waals surface area (Å²) in [5, 5.41) is 10.5. The number of anilines is 1. The molecule has 3 rings (SSSR count). The molecule has 1 saturated carbocycles. The van der Waals surface area contributed by atoms with Crippen molar-refractivity contribution in [2.45, 2.75) is 42.9 Å². The maximum absolute atomic E-state index is 12.9. The van der Waals surface area contributed by atoms with Gasteiger partial charge in [-0.25, -0.2) is 8.42 Å². The fourth-order valence-corrected chi connectivity index (χ4v) is 4.72. The first-order chi connectivity index (χ1) is 13.8. The lowest BCUT2D eigenvalue weighted by atomic mass is 9.68. The third-order valence-corrected chi connectivity index (χ3v) is 6.46. The van der Waals surface area contributed by atoms with Crippen molar-refractivity contribution >= 4 is 27.5 Å². The summed E-state index contributed by atoms with van der Waals surface area (Å²) in [5.74, 6) is -1.31. The quantitative estimate of drug-likeness (QED) is 0.424. The Morgan fingerprint density at radius 1 is 1.17 bits per heavy atom. The Bertz CT molecular complexity index is 1020. The van der Waals surface area contributed by atoms with Crippen LogP contribution in [-0.2, 0) is 29.8 Å². The molecule has 0 aromatic heterocycles. The molecule has 2 aromatic rings. The van der Waals surface area contributed by atoms with Gasteiger partial charge >= 0.3 is 5.97 Å². The topological polar surface area (TPSA) is 110 Å². The van der Waals surface area contributed by atoms with E-state index in [1.807, 2.05) is 0 Å². The van der Waals surface area contributed by atoms with Gasteiger partial charge in [-0.05, 0) is 50.1 Å². The number of hydrogen-bond donors (Lipinski definition) is 2. The summed E-state index contributed by atoms with van der Waals surface area (Å²) in [4.78, 5) is 25.7. The van der Waals surface area contributed by atoms with E-state index in [1.54, 1.807) is 25.1 Å². The first-order valence-corrected chi connectivity index (χ1v) is 10.9. The molecule has 2 aromatic carbocycles. The first-order valence-electron chi connectivity index (χ1n) is 9.43. The standard InChI is InChI=1S/C21H23NO6S/c1-2-28-20(25)21(13-7-6-10-19(21)24)17-14-15(11-12-18(17)23)22-29(26,27)16-8-4-3-5-9-16/h3-5,8-9,11-12,14,22-23H,2,6-7,10,13H2,1H3. The van der Waals surface area contributed by atoms with E-state index < -0.39 is 21.4 Å². The summed E-state index contributed by atoms with van der Waals surface area (Å²) in [6.07, 6.45) is 1.66. The summed E-state index contributed by atoms with van der Waals surface area (Å²) in [5.41, 5.74) is -1.43. The van der Waals surface area contributed by atoms with Crippen molar-refractivity contribution in [3.8, 4) is 5.75 Å². The second kappa shape index (κ2) is 8.24. The molecule has 1 fully saturated rings. The van der Waals surface area contributed by atoms with Gasteiger partial charge in [-0.1, -0.05) is 24.6 Å². The molecular formula is C21H23NO6S. The minimum absolute atomic E-state index is 0.0638. The van der Waals surface area contributed by atoms with Crippen molar-refractivity contribution in [3.05, 3.63) is 54.1 Å². The number of phenolic OH excluding ortho intramolecular Hbond substituents is 1. The van der Waals surface area contributed by atoms with Gasteiger partial charge in [0.1, 0.15) is 5.75 Å². The molecule has 0 radical (unpaired) electrons. The number of carbonyl (C=O) groups is 2. The fraction of sp³-hybridized carbons (Fsp3) is 0.333. The number of ketones is 1. The van der Waals surface area contributed by atoms with E-state index in [1.165, 1.54) is 30.3 Å². The molecule has 1 unspecified atom stereocenters. The van der Waals surface area contributed by atoms with Crippen LogP contribution in [0.15, 0.2) is 53.4 Å². The predicted molar refractivity (Wildman–Crippen MR) is 107 cm³/mol. The highest BCUT2D eigenvalue weighted by atomic mass is 32.2. The minimum atomic E-state index is -3.87. The van der Waals surface area contributed by atoms with Crippen molar-refractivity contribution in [3.63, 3.8) is 0 Å². The molecule has 154 valence electrons. The monoisotopic (exact) mass is 417 g/mol. The Kier molecular flexibility index (Phi) is 5.93. The molecule has 0 saturated heterocycles. The van der Waals surface area contributed by atoms with E-state index in [9.17, 15) is 23.1 Å². The van der Waals surface area contributed by atoms with Crippen LogP contribution in [0.4, 0.5) is 5.69 Å². The highest BCUT2D eigenvalue weighted by Gasteiger charge is 2.51. The molecule has 2 N–H and O–H groups in total. The second-order valence-corrected chi connectivity index (χ2v) is 8.59. The maximum Gasteiger partial charge on any atom is 0.324 e. The van der Waals surface area contributed by atoms with Gasteiger partial charge in [0.25, 0.3) is 10.0 Å². The molecule has 0 bridgehead atoms. The molecule has 0 amide bonds. The number of hydrogen-bond acceptors (Lipinski definition) is 6. The molecule has 1 aliphatic rings. The summed E-state index contributed by atoms with van der Waals surface area (Å²) in [6, 6.07) is 11.8. The molecule has 29 heavy (non-hydrogen) atoms.